The summed E-state index contributed by atoms with van der Waals surface area (Å²) in [7, 11) is 1.50. The first-order valence-electron chi connectivity index (χ1n) is 6.52. The number of para-hydroxylation sites is 1. The van der Waals surface area contributed by atoms with Gasteiger partial charge >= 0.3 is 0 Å². The average molecular weight is 300 g/mol. The highest BCUT2D eigenvalue weighted by molar-refractivity contribution is 5.97. The van der Waals surface area contributed by atoms with E-state index in [1.165, 1.54) is 25.5 Å². The van der Waals surface area contributed by atoms with E-state index in [0.29, 0.717) is 16.9 Å². The molecule has 0 aliphatic heterocycles. The molecule has 0 aliphatic rings. The molecule has 6 heteroatoms. The summed E-state index contributed by atoms with van der Waals surface area (Å²) in [6, 6.07) is 9.57. The van der Waals surface area contributed by atoms with Crippen LogP contribution in [0.1, 0.15) is 21.5 Å². The fourth-order valence-electron chi connectivity index (χ4n) is 1.82. The number of methoxy groups -OCH3 is 1. The Morgan fingerprint density at radius 3 is 2.73 bits per heavy atom. The van der Waals surface area contributed by atoms with E-state index in [1.807, 2.05) is 0 Å². The second kappa shape index (κ2) is 6.62. The third-order valence-corrected chi connectivity index (χ3v) is 3.09. The zero-order valence-electron chi connectivity index (χ0n) is 12.2. The Bertz CT molecular complexity index is 726. The van der Waals surface area contributed by atoms with Crippen molar-refractivity contribution in [3.8, 4) is 17.2 Å². The van der Waals surface area contributed by atoms with Crippen LogP contribution in [0.4, 0.5) is 0 Å². The first kappa shape index (κ1) is 15.4. The van der Waals surface area contributed by atoms with Crippen molar-refractivity contribution >= 4 is 12.1 Å². The van der Waals surface area contributed by atoms with Gasteiger partial charge in [0, 0.05) is 11.6 Å². The lowest BCUT2D eigenvalue weighted by Crippen LogP contribution is -2.17. The Labute approximate surface area is 127 Å². The molecule has 2 aromatic carbocycles. The Morgan fingerprint density at radius 2 is 2.05 bits per heavy atom. The molecule has 0 radical (unpaired) electrons. The van der Waals surface area contributed by atoms with Crippen molar-refractivity contribution in [2.24, 2.45) is 5.10 Å². The number of aromatic hydroxyl groups is 2. The van der Waals surface area contributed by atoms with Crippen molar-refractivity contribution in [3.63, 3.8) is 0 Å². The predicted molar refractivity (Wildman–Crippen MR) is 82.6 cm³/mol. The smallest absolute Gasteiger partial charge is 0.275 e. The highest BCUT2D eigenvalue weighted by Crippen LogP contribution is 2.22. The molecule has 2 rings (SSSR count). The summed E-state index contributed by atoms with van der Waals surface area (Å²) in [5, 5.41) is 23.3. The third kappa shape index (κ3) is 3.35. The molecule has 0 saturated carbocycles. The van der Waals surface area contributed by atoms with Crippen LogP contribution in [-0.4, -0.2) is 29.4 Å². The van der Waals surface area contributed by atoms with Crippen molar-refractivity contribution in [2.45, 2.75) is 6.92 Å². The largest absolute Gasteiger partial charge is 0.507 e. The zero-order valence-corrected chi connectivity index (χ0v) is 12.2. The van der Waals surface area contributed by atoms with Gasteiger partial charge in [0.05, 0.1) is 18.9 Å². The van der Waals surface area contributed by atoms with Crippen LogP contribution in [-0.2, 0) is 0 Å². The second-order valence-electron chi connectivity index (χ2n) is 4.59. The van der Waals surface area contributed by atoms with Crippen molar-refractivity contribution in [1.82, 2.24) is 5.43 Å². The Hall–Kier alpha value is -3.02. The molecule has 3 N–H and O–H groups in total. The standard InChI is InChI=1S/C16H16N2O4/c1-10-4-3-5-13(15(10)20)16(21)18-17-9-11-6-7-12(22-2)8-14(11)19/h3-9,19-20H,1-2H3,(H,18,21)/b17-9+. The molecule has 0 atom stereocenters. The van der Waals surface area contributed by atoms with Gasteiger partial charge in [0.25, 0.3) is 5.91 Å². The van der Waals surface area contributed by atoms with Gasteiger partial charge in [0.15, 0.2) is 0 Å². The van der Waals surface area contributed by atoms with Crippen molar-refractivity contribution in [3.05, 3.63) is 53.1 Å². The maximum absolute atomic E-state index is 11.9. The molecular weight excluding hydrogens is 284 g/mol. The van der Waals surface area contributed by atoms with Crippen molar-refractivity contribution < 1.29 is 19.7 Å². The summed E-state index contributed by atoms with van der Waals surface area (Å²) >= 11 is 0. The zero-order chi connectivity index (χ0) is 16.1. The first-order chi connectivity index (χ1) is 10.5. The number of hydrazone groups is 1. The number of carbonyl (C=O) groups is 1. The summed E-state index contributed by atoms with van der Waals surface area (Å²) in [5.74, 6) is -0.118. The number of benzene rings is 2. The molecule has 1 amide bonds. The van der Waals surface area contributed by atoms with Gasteiger partial charge < -0.3 is 14.9 Å². The number of nitrogens with one attached hydrogen (secondary N) is 1. The number of amides is 1. The Kier molecular flexibility index (Phi) is 4.63. The van der Waals surface area contributed by atoms with Crippen LogP contribution >= 0.6 is 0 Å². The van der Waals surface area contributed by atoms with Gasteiger partial charge in [-0.1, -0.05) is 12.1 Å². The molecule has 0 unspecified atom stereocenters. The molecule has 0 saturated heterocycles. The maximum atomic E-state index is 11.9. The average Bonchev–Trinajstić information content (AvgIpc) is 2.51. The molecular formula is C16H16N2O4. The maximum Gasteiger partial charge on any atom is 0.275 e. The van der Waals surface area contributed by atoms with Crippen LogP contribution in [0.3, 0.4) is 0 Å². The number of rotatable bonds is 4. The van der Waals surface area contributed by atoms with Gasteiger partial charge in [-0.05, 0) is 30.7 Å². The summed E-state index contributed by atoms with van der Waals surface area (Å²) in [6.45, 7) is 1.70. The summed E-state index contributed by atoms with van der Waals surface area (Å²) in [5.41, 5.74) is 3.46. The van der Waals surface area contributed by atoms with Crippen LogP contribution in [0.25, 0.3) is 0 Å². The van der Waals surface area contributed by atoms with Gasteiger partial charge in [-0.2, -0.15) is 5.10 Å². The minimum atomic E-state index is -0.537. The summed E-state index contributed by atoms with van der Waals surface area (Å²) < 4.78 is 4.97. The number of phenols is 2. The minimum absolute atomic E-state index is 0.0178. The molecule has 2 aromatic rings. The van der Waals surface area contributed by atoms with E-state index in [-0.39, 0.29) is 17.1 Å². The predicted octanol–water partition coefficient (Wildman–Crippen LogP) is 2.18. The van der Waals surface area contributed by atoms with Gasteiger partial charge in [0.1, 0.15) is 17.2 Å². The van der Waals surface area contributed by atoms with E-state index in [9.17, 15) is 15.0 Å². The molecule has 0 bridgehead atoms. The van der Waals surface area contributed by atoms with E-state index in [2.05, 4.69) is 10.5 Å². The van der Waals surface area contributed by atoms with E-state index >= 15 is 0 Å². The fourth-order valence-corrected chi connectivity index (χ4v) is 1.82. The normalized spacial score (nSPS) is 10.6. The van der Waals surface area contributed by atoms with Gasteiger partial charge in [0.2, 0.25) is 0 Å². The Morgan fingerprint density at radius 1 is 1.27 bits per heavy atom. The molecule has 6 nitrogen and oxygen atoms in total. The van der Waals surface area contributed by atoms with Gasteiger partial charge in [-0.25, -0.2) is 5.43 Å². The van der Waals surface area contributed by atoms with E-state index < -0.39 is 5.91 Å². The molecule has 0 fully saturated rings. The highest BCUT2D eigenvalue weighted by Gasteiger charge is 2.11. The number of hydrogen-bond acceptors (Lipinski definition) is 5. The molecule has 114 valence electrons. The molecule has 0 spiro atoms. The summed E-state index contributed by atoms with van der Waals surface area (Å²) in [4.78, 5) is 11.9. The monoisotopic (exact) mass is 300 g/mol. The lowest BCUT2D eigenvalue weighted by atomic mass is 10.1. The molecule has 0 heterocycles. The van der Waals surface area contributed by atoms with Crippen molar-refractivity contribution in [2.75, 3.05) is 7.11 Å². The quantitative estimate of drug-likeness (QED) is 0.596. The third-order valence-electron chi connectivity index (χ3n) is 3.09. The second-order valence-corrected chi connectivity index (χ2v) is 4.59. The van der Waals surface area contributed by atoms with Crippen molar-refractivity contribution in [1.29, 1.82) is 0 Å². The number of ether oxygens (including phenoxy) is 1. The Balaban J connectivity index is 2.09. The van der Waals surface area contributed by atoms with Crippen LogP contribution in [0.15, 0.2) is 41.5 Å². The number of aryl methyl sites for hydroxylation is 1. The lowest BCUT2D eigenvalue weighted by molar-refractivity contribution is 0.0952. The molecule has 22 heavy (non-hydrogen) atoms. The molecule has 0 aromatic heterocycles. The van der Waals surface area contributed by atoms with Gasteiger partial charge in [-0.15, -0.1) is 0 Å². The molecule has 0 aliphatic carbocycles. The summed E-state index contributed by atoms with van der Waals surface area (Å²) in [6.07, 6.45) is 1.31. The minimum Gasteiger partial charge on any atom is -0.507 e. The van der Waals surface area contributed by atoms with Crippen LogP contribution < -0.4 is 10.2 Å². The number of phenolic OH excluding ortho intramolecular Hbond substituents is 2. The van der Waals surface area contributed by atoms with E-state index in [4.69, 9.17) is 4.74 Å². The van der Waals surface area contributed by atoms with Crippen LogP contribution in [0.5, 0.6) is 17.2 Å². The van der Waals surface area contributed by atoms with Gasteiger partial charge in [-0.3, -0.25) is 4.79 Å². The number of nitrogens with zero attached hydrogens (tertiary/aromatic N) is 1. The number of carbonyl (C=O) groups excluding carboxylic acids is 1. The number of hydrogen-bond donors (Lipinski definition) is 3. The van der Waals surface area contributed by atoms with E-state index in [1.54, 1.807) is 31.2 Å². The lowest BCUT2D eigenvalue weighted by Gasteiger charge is -2.05. The van der Waals surface area contributed by atoms with Crippen LogP contribution in [0, 0.1) is 6.92 Å². The van der Waals surface area contributed by atoms with Crippen LogP contribution in [0.2, 0.25) is 0 Å². The SMILES string of the molecule is COc1ccc(/C=N/NC(=O)c2cccc(C)c2O)c(O)c1. The van der Waals surface area contributed by atoms with E-state index in [0.717, 1.165) is 0 Å². The first-order valence-corrected chi connectivity index (χ1v) is 6.52. The highest BCUT2D eigenvalue weighted by atomic mass is 16.5. The topological polar surface area (TPSA) is 91.2 Å². The fraction of sp³-hybridized carbons (Fsp3) is 0.125.